The van der Waals surface area contributed by atoms with Crippen LogP contribution in [0.25, 0.3) is 0 Å². The summed E-state index contributed by atoms with van der Waals surface area (Å²) >= 11 is 4.66. The van der Waals surface area contributed by atoms with Gasteiger partial charge in [-0.15, -0.1) is 0 Å². The zero-order valence-electron chi connectivity index (χ0n) is 16.1. The molecule has 2 rings (SSSR count). The standard InChI is InChI=1S/C19H24BrN3O3S2/c1-4-23(5-2)28(25,26)17-10-11-19(21-12-17)27-13-18(24)22-14(3)15-6-8-16(20)9-7-15/h6-12,14H,4-5,13H2,1-3H3,(H,22,24). The van der Waals surface area contributed by atoms with Crippen molar-refractivity contribution >= 4 is 43.6 Å². The average molecular weight is 486 g/mol. The highest BCUT2D eigenvalue weighted by Crippen LogP contribution is 2.20. The highest BCUT2D eigenvalue weighted by Gasteiger charge is 2.21. The number of aromatic nitrogens is 1. The summed E-state index contributed by atoms with van der Waals surface area (Å²) in [6.07, 6.45) is 1.35. The van der Waals surface area contributed by atoms with Crippen molar-refractivity contribution in [2.75, 3.05) is 18.8 Å². The van der Waals surface area contributed by atoms with Crippen molar-refractivity contribution in [3.05, 3.63) is 52.6 Å². The number of benzene rings is 1. The quantitative estimate of drug-likeness (QED) is 0.545. The van der Waals surface area contributed by atoms with E-state index < -0.39 is 10.0 Å². The molecule has 0 aliphatic carbocycles. The number of rotatable bonds is 9. The van der Waals surface area contributed by atoms with Crippen molar-refractivity contribution in [1.29, 1.82) is 0 Å². The Bertz CT molecular complexity index is 884. The predicted molar refractivity (Wildman–Crippen MR) is 116 cm³/mol. The van der Waals surface area contributed by atoms with Gasteiger partial charge in [0.1, 0.15) is 4.90 Å². The summed E-state index contributed by atoms with van der Waals surface area (Å²) in [6, 6.07) is 10.8. The molecule has 2 aromatic rings. The van der Waals surface area contributed by atoms with Gasteiger partial charge in [-0.3, -0.25) is 4.79 Å². The predicted octanol–water partition coefficient (Wildman–Crippen LogP) is 3.84. The van der Waals surface area contributed by atoms with E-state index in [1.165, 1.54) is 28.3 Å². The lowest BCUT2D eigenvalue weighted by molar-refractivity contribution is -0.119. The van der Waals surface area contributed by atoms with E-state index in [1.807, 2.05) is 31.2 Å². The lowest BCUT2D eigenvalue weighted by Crippen LogP contribution is -2.30. The molecule has 1 N–H and O–H groups in total. The number of halogens is 1. The van der Waals surface area contributed by atoms with E-state index in [1.54, 1.807) is 19.9 Å². The van der Waals surface area contributed by atoms with Gasteiger partial charge in [0, 0.05) is 23.8 Å². The maximum atomic E-state index is 12.5. The Morgan fingerprint density at radius 2 is 1.82 bits per heavy atom. The molecule has 0 fully saturated rings. The number of thioether (sulfide) groups is 1. The van der Waals surface area contributed by atoms with Crippen LogP contribution >= 0.6 is 27.7 Å². The van der Waals surface area contributed by atoms with Crippen LogP contribution in [0.3, 0.4) is 0 Å². The van der Waals surface area contributed by atoms with Crippen LogP contribution in [-0.4, -0.2) is 42.5 Å². The van der Waals surface area contributed by atoms with Crippen LogP contribution in [0.4, 0.5) is 0 Å². The molecule has 0 aliphatic rings. The zero-order valence-corrected chi connectivity index (χ0v) is 19.3. The van der Waals surface area contributed by atoms with Crippen LogP contribution in [0, 0.1) is 0 Å². The fourth-order valence-electron chi connectivity index (χ4n) is 2.57. The molecule has 1 unspecified atom stereocenters. The number of sulfonamides is 1. The number of nitrogens with one attached hydrogen (secondary N) is 1. The second kappa shape index (κ2) is 10.4. The van der Waals surface area contributed by atoms with Crippen LogP contribution in [0.15, 0.2) is 57.0 Å². The molecule has 0 aliphatic heterocycles. The summed E-state index contributed by atoms with van der Waals surface area (Å²) in [6.45, 7) is 6.34. The van der Waals surface area contributed by atoms with Crippen LogP contribution in [-0.2, 0) is 14.8 Å². The first-order valence-corrected chi connectivity index (χ1v) is 12.1. The smallest absolute Gasteiger partial charge is 0.244 e. The molecule has 28 heavy (non-hydrogen) atoms. The maximum Gasteiger partial charge on any atom is 0.244 e. The second-order valence-corrected chi connectivity index (χ2v) is 9.90. The number of carbonyl (C=O) groups excluding carboxylic acids is 1. The van der Waals surface area contributed by atoms with Gasteiger partial charge in [0.2, 0.25) is 15.9 Å². The molecule has 6 nitrogen and oxygen atoms in total. The summed E-state index contributed by atoms with van der Waals surface area (Å²) in [5, 5.41) is 3.55. The maximum absolute atomic E-state index is 12.5. The highest BCUT2D eigenvalue weighted by atomic mass is 79.9. The molecule has 152 valence electrons. The van der Waals surface area contributed by atoms with Crippen molar-refractivity contribution in [3.63, 3.8) is 0 Å². The Balaban J connectivity index is 1.92. The number of hydrogen-bond acceptors (Lipinski definition) is 5. The normalized spacial score (nSPS) is 12.8. The summed E-state index contributed by atoms with van der Waals surface area (Å²) in [7, 11) is -3.52. The van der Waals surface area contributed by atoms with Crippen LogP contribution in [0.2, 0.25) is 0 Å². The number of nitrogens with zero attached hydrogens (tertiary/aromatic N) is 2. The minimum absolute atomic E-state index is 0.101. The van der Waals surface area contributed by atoms with E-state index in [-0.39, 0.29) is 22.6 Å². The summed E-state index contributed by atoms with van der Waals surface area (Å²) in [5.74, 6) is 0.0952. The first-order valence-electron chi connectivity index (χ1n) is 8.91. The van der Waals surface area contributed by atoms with Gasteiger partial charge >= 0.3 is 0 Å². The molecule has 1 atom stereocenters. The van der Waals surface area contributed by atoms with Gasteiger partial charge in [-0.25, -0.2) is 13.4 Å². The fourth-order valence-corrected chi connectivity index (χ4v) is 4.90. The monoisotopic (exact) mass is 485 g/mol. The molecule has 1 heterocycles. The third-order valence-electron chi connectivity index (χ3n) is 4.15. The van der Waals surface area contributed by atoms with Gasteiger partial charge < -0.3 is 5.32 Å². The topological polar surface area (TPSA) is 79.4 Å². The van der Waals surface area contributed by atoms with Crippen molar-refractivity contribution in [1.82, 2.24) is 14.6 Å². The second-order valence-electron chi connectivity index (χ2n) is 6.05. The number of carbonyl (C=O) groups is 1. The number of amides is 1. The molecule has 0 radical (unpaired) electrons. The Labute approximate surface area is 179 Å². The fraction of sp³-hybridized carbons (Fsp3) is 0.368. The van der Waals surface area contributed by atoms with E-state index in [0.29, 0.717) is 18.1 Å². The molecule has 9 heteroatoms. The molecular weight excluding hydrogens is 462 g/mol. The first kappa shape index (κ1) is 22.9. The van der Waals surface area contributed by atoms with Gasteiger partial charge in [0.15, 0.2) is 0 Å². The first-order chi connectivity index (χ1) is 13.3. The van der Waals surface area contributed by atoms with E-state index in [4.69, 9.17) is 0 Å². The average Bonchev–Trinajstić information content (AvgIpc) is 2.68. The summed E-state index contributed by atoms with van der Waals surface area (Å²) in [4.78, 5) is 16.5. The van der Waals surface area contributed by atoms with Gasteiger partial charge in [0.25, 0.3) is 0 Å². The van der Waals surface area contributed by atoms with Gasteiger partial charge in [-0.1, -0.05) is 53.7 Å². The van der Waals surface area contributed by atoms with E-state index in [0.717, 1.165) is 10.0 Å². The van der Waals surface area contributed by atoms with Crippen molar-refractivity contribution in [2.45, 2.75) is 36.7 Å². The SMILES string of the molecule is CCN(CC)S(=O)(=O)c1ccc(SCC(=O)NC(C)c2ccc(Br)cc2)nc1. The van der Waals surface area contributed by atoms with Gasteiger partial charge in [-0.05, 0) is 36.8 Å². The molecule has 1 aromatic heterocycles. The molecule has 1 amide bonds. The Hall–Kier alpha value is -1.42. The molecule has 0 bridgehead atoms. The zero-order chi connectivity index (χ0) is 20.7. The minimum Gasteiger partial charge on any atom is -0.349 e. The van der Waals surface area contributed by atoms with Crippen LogP contribution < -0.4 is 5.32 Å². The Morgan fingerprint density at radius 1 is 1.18 bits per heavy atom. The van der Waals surface area contributed by atoms with Gasteiger partial charge in [-0.2, -0.15) is 4.31 Å². The van der Waals surface area contributed by atoms with Crippen molar-refractivity contribution in [2.24, 2.45) is 0 Å². The van der Waals surface area contributed by atoms with E-state index >= 15 is 0 Å². The molecule has 0 saturated carbocycles. The van der Waals surface area contributed by atoms with Crippen molar-refractivity contribution < 1.29 is 13.2 Å². The van der Waals surface area contributed by atoms with E-state index in [9.17, 15) is 13.2 Å². The lowest BCUT2D eigenvalue weighted by atomic mass is 10.1. The number of hydrogen-bond donors (Lipinski definition) is 1. The molecule has 0 saturated heterocycles. The number of pyridine rings is 1. The minimum atomic E-state index is -3.52. The third-order valence-corrected chi connectivity index (χ3v) is 7.66. The Morgan fingerprint density at radius 3 is 2.36 bits per heavy atom. The Kier molecular flexibility index (Phi) is 8.48. The van der Waals surface area contributed by atoms with E-state index in [2.05, 4.69) is 26.2 Å². The lowest BCUT2D eigenvalue weighted by Gasteiger charge is -2.18. The highest BCUT2D eigenvalue weighted by molar-refractivity contribution is 9.10. The largest absolute Gasteiger partial charge is 0.349 e. The molecule has 0 spiro atoms. The van der Waals surface area contributed by atoms with Crippen LogP contribution in [0.5, 0.6) is 0 Å². The molecular formula is C19H24BrN3O3S2. The van der Waals surface area contributed by atoms with Crippen LogP contribution in [0.1, 0.15) is 32.4 Å². The summed E-state index contributed by atoms with van der Waals surface area (Å²) < 4.78 is 27.3. The summed E-state index contributed by atoms with van der Waals surface area (Å²) in [5.41, 5.74) is 1.02. The van der Waals surface area contributed by atoms with Crippen molar-refractivity contribution in [3.8, 4) is 0 Å². The third kappa shape index (κ3) is 6.04. The van der Waals surface area contributed by atoms with Gasteiger partial charge in [0.05, 0.1) is 16.8 Å². The molecule has 1 aromatic carbocycles.